The van der Waals surface area contributed by atoms with Crippen LogP contribution in [0, 0.1) is 5.92 Å². The van der Waals surface area contributed by atoms with Gasteiger partial charge in [0, 0.05) is 19.6 Å². The standard InChI is InChI=1S/C22H34N4O2/c1-23-14-9-18-10-15-26(16-11-18)20(27)22(12-5-6-13-22)25-21(28)24-17-19-7-3-2-4-8-19/h2-4,7-8,18,23H,5-6,9-17H2,1H3,(H2,24,25,28). The van der Waals surface area contributed by atoms with Crippen molar-refractivity contribution >= 4 is 11.9 Å². The second-order valence-electron chi connectivity index (χ2n) is 8.21. The lowest BCUT2D eigenvalue weighted by Gasteiger charge is -2.39. The summed E-state index contributed by atoms with van der Waals surface area (Å²) in [5, 5.41) is 9.17. The Hall–Kier alpha value is -2.08. The highest BCUT2D eigenvalue weighted by Crippen LogP contribution is 2.33. The fourth-order valence-corrected chi connectivity index (χ4v) is 4.49. The molecule has 2 aliphatic rings. The van der Waals surface area contributed by atoms with E-state index >= 15 is 0 Å². The molecular formula is C22H34N4O2. The van der Waals surface area contributed by atoms with Crippen LogP contribution in [0.4, 0.5) is 4.79 Å². The highest BCUT2D eigenvalue weighted by molar-refractivity contribution is 5.91. The van der Waals surface area contributed by atoms with Crippen LogP contribution in [-0.4, -0.2) is 49.1 Å². The number of nitrogens with zero attached hydrogens (tertiary/aromatic N) is 1. The van der Waals surface area contributed by atoms with Gasteiger partial charge in [-0.1, -0.05) is 43.2 Å². The first-order valence-electron chi connectivity index (χ1n) is 10.7. The van der Waals surface area contributed by atoms with Crippen molar-refractivity contribution in [2.24, 2.45) is 5.92 Å². The number of rotatable bonds is 7. The molecule has 1 saturated heterocycles. The van der Waals surface area contributed by atoms with Gasteiger partial charge in [0.15, 0.2) is 0 Å². The fourth-order valence-electron chi connectivity index (χ4n) is 4.49. The molecule has 3 rings (SSSR count). The number of hydrogen-bond acceptors (Lipinski definition) is 3. The quantitative estimate of drug-likeness (QED) is 0.674. The average molecular weight is 387 g/mol. The van der Waals surface area contributed by atoms with E-state index in [1.165, 1.54) is 6.42 Å². The second kappa shape index (κ2) is 9.92. The lowest BCUT2D eigenvalue weighted by Crippen LogP contribution is -2.60. The number of likely N-dealkylation sites (tertiary alicyclic amines) is 1. The van der Waals surface area contributed by atoms with E-state index in [1.54, 1.807) is 0 Å². The third-order valence-corrected chi connectivity index (χ3v) is 6.22. The summed E-state index contributed by atoms with van der Waals surface area (Å²) in [6, 6.07) is 9.58. The van der Waals surface area contributed by atoms with Crippen molar-refractivity contribution < 1.29 is 9.59 Å². The maximum atomic E-state index is 13.3. The lowest BCUT2D eigenvalue weighted by molar-refractivity contribution is -0.139. The van der Waals surface area contributed by atoms with Crippen molar-refractivity contribution in [2.45, 2.75) is 57.0 Å². The summed E-state index contributed by atoms with van der Waals surface area (Å²) in [6.07, 6.45) is 6.75. The van der Waals surface area contributed by atoms with Crippen molar-refractivity contribution in [1.82, 2.24) is 20.9 Å². The molecule has 1 aliphatic heterocycles. The second-order valence-corrected chi connectivity index (χ2v) is 8.21. The van der Waals surface area contributed by atoms with Gasteiger partial charge in [-0.05, 0) is 57.2 Å². The maximum absolute atomic E-state index is 13.3. The number of carbonyl (C=O) groups is 2. The Bertz CT molecular complexity index is 635. The Morgan fingerprint density at radius 2 is 1.79 bits per heavy atom. The highest BCUT2D eigenvalue weighted by atomic mass is 16.2. The summed E-state index contributed by atoms with van der Waals surface area (Å²) in [5.41, 5.74) is 0.326. The van der Waals surface area contributed by atoms with E-state index in [0.717, 1.165) is 63.7 Å². The van der Waals surface area contributed by atoms with Gasteiger partial charge in [0.1, 0.15) is 5.54 Å². The number of urea groups is 1. The maximum Gasteiger partial charge on any atom is 0.315 e. The third kappa shape index (κ3) is 5.25. The third-order valence-electron chi connectivity index (χ3n) is 6.22. The predicted octanol–water partition coefficient (Wildman–Crippen LogP) is 2.65. The molecule has 0 radical (unpaired) electrons. The van der Waals surface area contributed by atoms with Crippen LogP contribution >= 0.6 is 0 Å². The number of benzene rings is 1. The summed E-state index contributed by atoms with van der Waals surface area (Å²) >= 11 is 0. The summed E-state index contributed by atoms with van der Waals surface area (Å²) in [4.78, 5) is 27.8. The molecule has 1 aliphatic carbocycles. The highest BCUT2D eigenvalue weighted by Gasteiger charge is 2.45. The SMILES string of the molecule is CNCCC1CCN(C(=O)C2(NC(=O)NCc3ccccc3)CCCC2)CC1. The molecule has 0 unspecified atom stereocenters. The Kier molecular flexibility index (Phi) is 7.31. The normalized spacial score (nSPS) is 19.4. The van der Waals surface area contributed by atoms with Gasteiger partial charge in [0.25, 0.3) is 0 Å². The number of hydrogen-bond donors (Lipinski definition) is 3. The zero-order valence-electron chi connectivity index (χ0n) is 17.0. The molecule has 28 heavy (non-hydrogen) atoms. The predicted molar refractivity (Wildman–Crippen MR) is 111 cm³/mol. The molecule has 3 N–H and O–H groups in total. The van der Waals surface area contributed by atoms with Crippen LogP contribution in [0.15, 0.2) is 30.3 Å². The van der Waals surface area contributed by atoms with Crippen molar-refractivity contribution in [3.8, 4) is 0 Å². The first-order chi connectivity index (χ1) is 13.6. The Balaban J connectivity index is 1.54. The molecule has 0 spiro atoms. The molecular weight excluding hydrogens is 352 g/mol. The minimum atomic E-state index is -0.724. The molecule has 0 atom stereocenters. The van der Waals surface area contributed by atoms with Crippen LogP contribution in [0.2, 0.25) is 0 Å². The molecule has 1 heterocycles. The first kappa shape index (κ1) is 20.6. The van der Waals surface area contributed by atoms with E-state index in [4.69, 9.17) is 0 Å². The van der Waals surface area contributed by atoms with E-state index in [9.17, 15) is 9.59 Å². The zero-order valence-corrected chi connectivity index (χ0v) is 17.0. The number of amides is 3. The van der Waals surface area contributed by atoms with Gasteiger partial charge in [-0.3, -0.25) is 4.79 Å². The molecule has 6 heteroatoms. The smallest absolute Gasteiger partial charge is 0.315 e. The van der Waals surface area contributed by atoms with E-state index in [2.05, 4.69) is 16.0 Å². The van der Waals surface area contributed by atoms with E-state index in [-0.39, 0.29) is 11.9 Å². The topological polar surface area (TPSA) is 73.5 Å². The van der Waals surface area contributed by atoms with Gasteiger partial charge in [-0.2, -0.15) is 0 Å². The lowest BCUT2D eigenvalue weighted by atomic mass is 9.90. The molecule has 154 valence electrons. The Morgan fingerprint density at radius 1 is 1.11 bits per heavy atom. The molecule has 1 saturated carbocycles. The molecule has 2 fully saturated rings. The van der Waals surface area contributed by atoms with Crippen molar-refractivity contribution in [3.63, 3.8) is 0 Å². The zero-order chi connectivity index (χ0) is 19.8. The van der Waals surface area contributed by atoms with E-state index in [0.29, 0.717) is 12.5 Å². The van der Waals surface area contributed by atoms with Gasteiger partial charge < -0.3 is 20.9 Å². The van der Waals surface area contributed by atoms with Crippen molar-refractivity contribution in [1.29, 1.82) is 0 Å². The number of piperidine rings is 1. The first-order valence-corrected chi connectivity index (χ1v) is 10.7. The van der Waals surface area contributed by atoms with Crippen LogP contribution in [0.1, 0.15) is 50.5 Å². The monoisotopic (exact) mass is 386 g/mol. The van der Waals surface area contributed by atoms with Gasteiger partial charge >= 0.3 is 6.03 Å². The van der Waals surface area contributed by atoms with Gasteiger partial charge in [0.05, 0.1) is 0 Å². The van der Waals surface area contributed by atoms with Gasteiger partial charge in [-0.25, -0.2) is 4.79 Å². The summed E-state index contributed by atoms with van der Waals surface area (Å²) in [6.45, 7) is 3.12. The summed E-state index contributed by atoms with van der Waals surface area (Å²) < 4.78 is 0. The van der Waals surface area contributed by atoms with Crippen LogP contribution in [-0.2, 0) is 11.3 Å². The Morgan fingerprint density at radius 3 is 2.43 bits per heavy atom. The molecule has 6 nitrogen and oxygen atoms in total. The van der Waals surface area contributed by atoms with Crippen molar-refractivity contribution in [2.75, 3.05) is 26.7 Å². The molecule has 1 aromatic carbocycles. The fraction of sp³-hybridized carbons (Fsp3) is 0.636. The van der Waals surface area contributed by atoms with Crippen LogP contribution < -0.4 is 16.0 Å². The summed E-state index contributed by atoms with van der Waals surface area (Å²) in [5.74, 6) is 0.810. The average Bonchev–Trinajstić information content (AvgIpc) is 3.21. The van der Waals surface area contributed by atoms with E-state index < -0.39 is 5.54 Å². The van der Waals surface area contributed by atoms with Crippen LogP contribution in [0.25, 0.3) is 0 Å². The summed E-state index contributed by atoms with van der Waals surface area (Å²) in [7, 11) is 1.98. The van der Waals surface area contributed by atoms with Crippen LogP contribution in [0.5, 0.6) is 0 Å². The Labute approximate surface area is 168 Å². The van der Waals surface area contributed by atoms with Crippen LogP contribution in [0.3, 0.4) is 0 Å². The minimum absolute atomic E-state index is 0.118. The largest absolute Gasteiger partial charge is 0.341 e. The molecule has 1 aromatic rings. The number of nitrogens with one attached hydrogen (secondary N) is 3. The molecule has 3 amide bonds. The molecule has 0 aromatic heterocycles. The van der Waals surface area contributed by atoms with E-state index in [1.807, 2.05) is 42.3 Å². The van der Waals surface area contributed by atoms with Gasteiger partial charge in [0.2, 0.25) is 5.91 Å². The van der Waals surface area contributed by atoms with Gasteiger partial charge in [-0.15, -0.1) is 0 Å². The van der Waals surface area contributed by atoms with Crippen molar-refractivity contribution in [3.05, 3.63) is 35.9 Å². The minimum Gasteiger partial charge on any atom is -0.341 e. The molecule has 0 bridgehead atoms. The number of carbonyl (C=O) groups excluding carboxylic acids is 2.